The van der Waals surface area contributed by atoms with E-state index in [1.54, 1.807) is 9.80 Å². The molecule has 25 heavy (non-hydrogen) atoms. The Balaban J connectivity index is 2.02. The molecule has 0 aromatic carbocycles. The molecule has 0 bridgehead atoms. The van der Waals surface area contributed by atoms with Gasteiger partial charge in [0.1, 0.15) is 0 Å². The molecule has 0 amide bonds. The Labute approximate surface area is 149 Å². The van der Waals surface area contributed by atoms with Gasteiger partial charge in [0.15, 0.2) is 11.6 Å². The average Bonchev–Trinajstić information content (AvgIpc) is 3.09. The summed E-state index contributed by atoms with van der Waals surface area (Å²) in [5, 5.41) is 14.4. The predicted molar refractivity (Wildman–Crippen MR) is 98.2 cm³/mol. The van der Waals surface area contributed by atoms with Crippen LogP contribution in [0.25, 0.3) is 11.3 Å². The highest BCUT2D eigenvalue weighted by Crippen LogP contribution is 2.18. The predicted octanol–water partition coefficient (Wildman–Crippen LogP) is -1.31. The van der Waals surface area contributed by atoms with Crippen LogP contribution in [-0.4, -0.2) is 72.6 Å². The molecule has 9 heteroatoms. The van der Waals surface area contributed by atoms with Gasteiger partial charge in [0.25, 0.3) is 0 Å². The molecule has 2 rings (SSSR count). The van der Waals surface area contributed by atoms with Gasteiger partial charge in [0.2, 0.25) is 11.3 Å². The standard InChI is InChI=1S/C16H30N8O/c1-5-23(6-2)11-9-17-13-14(18-10-12-24(7-3)8-4)20-16-15(19-13)21-25-22-16/h5-12H2,1-4H3,(H,17,19,21)(H,18,20,22)/p+2. The number of hydrogen-bond donors (Lipinski definition) is 4. The second kappa shape index (κ2) is 10.1. The van der Waals surface area contributed by atoms with Crippen LogP contribution < -0.4 is 20.4 Å². The van der Waals surface area contributed by atoms with Crippen LogP contribution in [-0.2, 0) is 0 Å². The quantitative estimate of drug-likeness (QED) is 0.376. The summed E-state index contributed by atoms with van der Waals surface area (Å²) in [5.74, 6) is 1.42. The van der Waals surface area contributed by atoms with Gasteiger partial charge >= 0.3 is 0 Å². The molecule has 0 unspecified atom stereocenters. The summed E-state index contributed by atoms with van der Waals surface area (Å²) in [4.78, 5) is 12.1. The van der Waals surface area contributed by atoms with E-state index in [1.807, 2.05) is 0 Å². The third kappa shape index (κ3) is 5.50. The lowest BCUT2D eigenvalue weighted by atomic mass is 10.4. The maximum Gasteiger partial charge on any atom is 0.245 e. The molecule has 0 aliphatic carbocycles. The zero-order chi connectivity index (χ0) is 18.1. The van der Waals surface area contributed by atoms with E-state index in [2.05, 4.69) is 58.6 Å². The van der Waals surface area contributed by atoms with Crippen molar-refractivity contribution in [1.82, 2.24) is 20.3 Å². The second-order valence-electron chi connectivity index (χ2n) is 6.10. The number of anilines is 2. The van der Waals surface area contributed by atoms with Crippen molar-refractivity contribution in [2.24, 2.45) is 0 Å². The van der Waals surface area contributed by atoms with Crippen molar-refractivity contribution in [2.45, 2.75) is 27.7 Å². The minimum atomic E-state index is 0.428. The van der Waals surface area contributed by atoms with Crippen LogP contribution in [0.4, 0.5) is 11.6 Å². The Morgan fingerprint density at radius 3 is 1.48 bits per heavy atom. The maximum atomic E-state index is 4.74. The Morgan fingerprint density at radius 2 is 1.12 bits per heavy atom. The van der Waals surface area contributed by atoms with E-state index in [4.69, 9.17) is 4.63 Å². The highest BCUT2D eigenvalue weighted by molar-refractivity contribution is 5.73. The summed E-state index contributed by atoms with van der Waals surface area (Å²) in [5.41, 5.74) is 0.857. The monoisotopic (exact) mass is 352 g/mol. The number of rotatable bonds is 12. The molecule has 0 saturated heterocycles. The first-order valence-electron chi connectivity index (χ1n) is 9.36. The lowest BCUT2D eigenvalue weighted by Crippen LogP contribution is -3.12. The first kappa shape index (κ1) is 19.3. The molecule has 0 aliphatic rings. The largest absolute Gasteiger partial charge is 0.361 e. The van der Waals surface area contributed by atoms with Crippen molar-refractivity contribution in [3.8, 4) is 0 Å². The van der Waals surface area contributed by atoms with Gasteiger partial charge in [-0.15, -0.1) is 0 Å². The second-order valence-corrected chi connectivity index (χ2v) is 6.10. The van der Waals surface area contributed by atoms with Crippen LogP contribution in [0.15, 0.2) is 4.63 Å². The maximum absolute atomic E-state index is 4.74. The van der Waals surface area contributed by atoms with Gasteiger partial charge in [-0.1, -0.05) is 0 Å². The summed E-state index contributed by atoms with van der Waals surface area (Å²) in [6, 6.07) is 0. The average molecular weight is 352 g/mol. The zero-order valence-corrected chi connectivity index (χ0v) is 15.9. The number of fused-ring (bicyclic) bond motifs is 1. The van der Waals surface area contributed by atoms with E-state index in [9.17, 15) is 0 Å². The van der Waals surface area contributed by atoms with Crippen LogP contribution in [0.3, 0.4) is 0 Å². The molecule has 2 aromatic heterocycles. The highest BCUT2D eigenvalue weighted by Gasteiger charge is 2.13. The van der Waals surface area contributed by atoms with E-state index in [-0.39, 0.29) is 0 Å². The molecule has 2 heterocycles. The van der Waals surface area contributed by atoms with E-state index >= 15 is 0 Å². The van der Waals surface area contributed by atoms with E-state index in [1.165, 1.54) is 0 Å². The zero-order valence-electron chi connectivity index (χ0n) is 15.9. The van der Waals surface area contributed by atoms with Crippen LogP contribution in [0, 0.1) is 0 Å². The van der Waals surface area contributed by atoms with Gasteiger partial charge in [-0.2, -0.15) is 0 Å². The van der Waals surface area contributed by atoms with Gasteiger partial charge < -0.3 is 20.4 Å². The Bertz CT molecular complexity index is 572. The van der Waals surface area contributed by atoms with Crippen LogP contribution in [0.2, 0.25) is 0 Å². The summed E-state index contributed by atoms with van der Waals surface area (Å²) in [6.07, 6.45) is 0. The van der Waals surface area contributed by atoms with Gasteiger partial charge in [0, 0.05) is 0 Å². The molecule has 9 nitrogen and oxygen atoms in total. The number of nitrogens with one attached hydrogen (secondary N) is 4. The van der Waals surface area contributed by atoms with Crippen molar-refractivity contribution in [1.29, 1.82) is 0 Å². The molecule has 0 spiro atoms. The normalized spacial score (nSPS) is 11.6. The number of nitrogens with zero attached hydrogens (tertiary/aromatic N) is 4. The Hall–Kier alpha value is -2.00. The van der Waals surface area contributed by atoms with E-state index in [0.29, 0.717) is 22.9 Å². The summed E-state index contributed by atoms with van der Waals surface area (Å²) >= 11 is 0. The fourth-order valence-electron chi connectivity index (χ4n) is 2.81. The molecule has 0 saturated carbocycles. The molecule has 0 atom stereocenters. The first-order valence-corrected chi connectivity index (χ1v) is 9.36. The smallest absolute Gasteiger partial charge is 0.245 e. The molecular weight excluding hydrogens is 320 g/mol. The molecule has 4 N–H and O–H groups in total. The number of quaternary nitrogens is 2. The molecule has 0 radical (unpaired) electrons. The van der Waals surface area contributed by atoms with Crippen LogP contribution in [0.1, 0.15) is 27.7 Å². The first-order chi connectivity index (χ1) is 12.2. The minimum Gasteiger partial charge on any atom is -0.361 e. The Morgan fingerprint density at radius 1 is 0.720 bits per heavy atom. The summed E-state index contributed by atoms with van der Waals surface area (Å²) in [6.45, 7) is 17.0. The van der Waals surface area contributed by atoms with E-state index in [0.717, 1.165) is 52.4 Å². The van der Waals surface area contributed by atoms with Crippen molar-refractivity contribution in [3.05, 3.63) is 0 Å². The summed E-state index contributed by atoms with van der Waals surface area (Å²) in [7, 11) is 0. The number of likely N-dealkylation sites (N-methyl/N-ethyl adjacent to an activating group) is 2. The van der Waals surface area contributed by atoms with Crippen LogP contribution in [0.5, 0.6) is 0 Å². The molecule has 2 aromatic rings. The lowest BCUT2D eigenvalue weighted by Gasteiger charge is -2.18. The molecule has 0 fully saturated rings. The lowest BCUT2D eigenvalue weighted by molar-refractivity contribution is -0.894. The van der Waals surface area contributed by atoms with Gasteiger partial charge in [-0.3, -0.25) is 0 Å². The highest BCUT2D eigenvalue weighted by atomic mass is 16.6. The third-order valence-electron chi connectivity index (χ3n) is 4.66. The van der Waals surface area contributed by atoms with Gasteiger partial charge in [-0.25, -0.2) is 14.6 Å². The Kier molecular flexibility index (Phi) is 7.80. The van der Waals surface area contributed by atoms with Crippen molar-refractivity contribution in [2.75, 3.05) is 63.0 Å². The van der Waals surface area contributed by atoms with Gasteiger partial charge in [0.05, 0.1) is 52.4 Å². The fourth-order valence-corrected chi connectivity index (χ4v) is 2.81. The SMILES string of the molecule is CC[NH+](CC)CCNc1nc2nonc2nc1NCC[NH+](CC)CC. The van der Waals surface area contributed by atoms with Crippen molar-refractivity contribution < 1.29 is 14.4 Å². The summed E-state index contributed by atoms with van der Waals surface area (Å²) < 4.78 is 4.74. The minimum absolute atomic E-state index is 0.428. The van der Waals surface area contributed by atoms with Gasteiger partial charge in [-0.05, 0) is 38.0 Å². The number of hydrogen-bond acceptors (Lipinski definition) is 7. The number of aromatic nitrogens is 4. The molecule has 0 aliphatic heterocycles. The van der Waals surface area contributed by atoms with E-state index < -0.39 is 0 Å². The topological polar surface area (TPSA) is 97.6 Å². The fraction of sp³-hybridized carbons (Fsp3) is 0.750. The molecular formula is C16H32N8O+2. The van der Waals surface area contributed by atoms with Crippen LogP contribution >= 0.6 is 0 Å². The van der Waals surface area contributed by atoms with Crippen molar-refractivity contribution >= 4 is 22.9 Å². The van der Waals surface area contributed by atoms with Crippen molar-refractivity contribution in [3.63, 3.8) is 0 Å². The molecule has 140 valence electrons. The third-order valence-corrected chi connectivity index (χ3v) is 4.66.